The van der Waals surface area contributed by atoms with E-state index in [0.717, 1.165) is 0 Å². The van der Waals surface area contributed by atoms with E-state index in [1.807, 2.05) is 22.7 Å². The molecule has 3 heterocycles. The maximum absolute atomic E-state index is 5.54. The van der Waals surface area contributed by atoms with Gasteiger partial charge >= 0.3 is 0 Å². The summed E-state index contributed by atoms with van der Waals surface area (Å²) >= 11 is 4.04. The third-order valence-corrected chi connectivity index (χ3v) is 26.8. The zero-order valence-electron chi connectivity index (χ0n) is 25.1. The molecule has 7 heteroatoms. The molecule has 0 atom stereocenters. The lowest BCUT2D eigenvalue weighted by atomic mass is 10.1. The maximum Gasteiger partial charge on any atom is 0.154 e. The molecule has 0 fully saturated rings. The summed E-state index contributed by atoms with van der Waals surface area (Å²) in [5.41, 5.74) is 6.28. The molecule has 0 bridgehead atoms. The zero-order chi connectivity index (χ0) is 26.8. The second-order valence-corrected chi connectivity index (χ2v) is 28.0. The van der Waals surface area contributed by atoms with Gasteiger partial charge in [-0.15, -0.1) is 22.7 Å². The molecule has 0 amide bonds. The Labute approximate surface area is 225 Å². The smallest absolute Gasteiger partial charge is 0.154 e. The van der Waals surface area contributed by atoms with E-state index in [4.69, 9.17) is 9.97 Å². The van der Waals surface area contributed by atoms with Crippen molar-refractivity contribution in [1.82, 2.24) is 14.5 Å². The summed E-state index contributed by atoms with van der Waals surface area (Å²) in [6.07, 6.45) is 0. The molecule has 3 rings (SSSR count). The van der Waals surface area contributed by atoms with Gasteiger partial charge in [0, 0.05) is 5.54 Å². The number of rotatable bonds is 8. The van der Waals surface area contributed by atoms with Crippen LogP contribution < -0.4 is 9.26 Å². The zero-order valence-corrected chi connectivity index (χ0v) is 28.8. The Bertz CT molecular complexity index is 1050. The number of thiazole rings is 2. The normalized spacial score (nSPS) is 14.5. The van der Waals surface area contributed by atoms with Gasteiger partial charge in [-0.05, 0) is 54.0 Å². The van der Waals surface area contributed by atoms with Crippen molar-refractivity contribution in [2.75, 3.05) is 0 Å². The van der Waals surface area contributed by atoms with Crippen LogP contribution in [-0.4, -0.2) is 30.7 Å². The molecule has 0 spiro atoms. The van der Waals surface area contributed by atoms with Crippen LogP contribution in [0.15, 0.2) is 0 Å². The third kappa shape index (κ3) is 4.15. The molecule has 3 aromatic rings. The Morgan fingerprint density at radius 3 is 1.00 bits per heavy atom. The SMILES string of the molecule is CC(C)[Si](c1nc2c(s1)c1sc([Si](C(C)C)(C(C)C)C(C)C)nc1n2C(C)(C)C)(C(C)C)C(C)C. The molecule has 0 aliphatic heterocycles. The van der Waals surface area contributed by atoms with Crippen LogP contribution in [0.5, 0.6) is 0 Å². The molecule has 0 N–H and O–H groups in total. The van der Waals surface area contributed by atoms with Crippen LogP contribution in [0.2, 0.25) is 33.2 Å². The van der Waals surface area contributed by atoms with E-state index in [-0.39, 0.29) is 5.54 Å². The van der Waals surface area contributed by atoms with E-state index in [1.54, 1.807) is 0 Å². The van der Waals surface area contributed by atoms with Crippen LogP contribution in [0.1, 0.15) is 104 Å². The molecule has 0 aromatic carbocycles. The summed E-state index contributed by atoms with van der Waals surface area (Å²) in [6.45, 7) is 36.3. The second-order valence-electron chi connectivity index (χ2n) is 13.6. The van der Waals surface area contributed by atoms with Crippen molar-refractivity contribution < 1.29 is 0 Å². The van der Waals surface area contributed by atoms with Crippen LogP contribution in [0, 0.1) is 0 Å². The fraction of sp³-hybridized carbons (Fsp3) is 0.786. The standard InChI is InChI=1S/C28H51N3S2Si2/c1-16(2)34(17(3)4,18(5)6)26-29-24-22(32-26)23-25(31(24)28(13,14)15)30-27(33-23)35(19(7)8,20(9)10)21(11)12/h16-21H,1-15H3. The summed E-state index contributed by atoms with van der Waals surface area (Å²) in [4.78, 5) is 11.1. The molecule has 35 heavy (non-hydrogen) atoms. The molecule has 0 radical (unpaired) electrons. The Kier molecular flexibility index (Phi) is 8.02. The molecule has 0 saturated carbocycles. The van der Waals surface area contributed by atoms with E-state index in [2.05, 4.69) is 108 Å². The van der Waals surface area contributed by atoms with E-state index >= 15 is 0 Å². The average molecular weight is 550 g/mol. The molecule has 0 aliphatic rings. The summed E-state index contributed by atoms with van der Waals surface area (Å²) in [6, 6.07) is 0. The lowest BCUT2D eigenvalue weighted by Crippen LogP contribution is -2.55. The molecular weight excluding hydrogens is 499 g/mol. The Morgan fingerprint density at radius 1 is 0.543 bits per heavy atom. The molecule has 3 aromatic heterocycles. The molecule has 0 aliphatic carbocycles. The minimum absolute atomic E-state index is 0.0634. The monoisotopic (exact) mass is 549 g/mol. The Hall–Kier alpha value is -0.506. The van der Waals surface area contributed by atoms with Gasteiger partial charge in [-0.1, -0.05) is 83.1 Å². The van der Waals surface area contributed by atoms with E-state index in [9.17, 15) is 0 Å². The molecule has 0 saturated heterocycles. The quantitative estimate of drug-likeness (QED) is 0.262. The van der Waals surface area contributed by atoms with Crippen molar-refractivity contribution in [3.05, 3.63) is 0 Å². The lowest BCUT2D eigenvalue weighted by Gasteiger charge is -2.41. The van der Waals surface area contributed by atoms with Crippen molar-refractivity contribution in [1.29, 1.82) is 0 Å². The first-order valence-electron chi connectivity index (χ1n) is 13.8. The summed E-state index contributed by atoms with van der Waals surface area (Å²) in [7, 11) is -3.63. The molecule has 198 valence electrons. The predicted molar refractivity (Wildman–Crippen MR) is 167 cm³/mol. The van der Waals surface area contributed by atoms with Crippen LogP contribution in [0.4, 0.5) is 0 Å². The van der Waals surface area contributed by atoms with Gasteiger partial charge in [-0.25, -0.2) is 9.97 Å². The van der Waals surface area contributed by atoms with Gasteiger partial charge < -0.3 is 4.57 Å². The van der Waals surface area contributed by atoms with E-state index in [0.29, 0.717) is 33.2 Å². The number of hydrogen-bond acceptors (Lipinski definition) is 4. The van der Waals surface area contributed by atoms with E-state index < -0.39 is 16.1 Å². The van der Waals surface area contributed by atoms with Crippen molar-refractivity contribution in [2.45, 2.75) is 143 Å². The van der Waals surface area contributed by atoms with Crippen molar-refractivity contribution in [3.63, 3.8) is 0 Å². The Morgan fingerprint density at radius 2 is 0.800 bits per heavy atom. The summed E-state index contributed by atoms with van der Waals surface area (Å²) < 4.78 is 8.19. The van der Waals surface area contributed by atoms with Gasteiger partial charge in [-0.2, -0.15) is 0 Å². The molecular formula is C28H51N3S2Si2. The summed E-state index contributed by atoms with van der Waals surface area (Å²) in [5.74, 6) is 0. The third-order valence-electron chi connectivity index (χ3n) is 8.99. The first kappa shape index (κ1) is 29.1. The van der Waals surface area contributed by atoms with Crippen molar-refractivity contribution in [3.8, 4) is 0 Å². The van der Waals surface area contributed by atoms with Crippen LogP contribution in [-0.2, 0) is 5.54 Å². The van der Waals surface area contributed by atoms with Crippen molar-refractivity contribution in [2.24, 2.45) is 0 Å². The van der Waals surface area contributed by atoms with Crippen LogP contribution >= 0.6 is 22.7 Å². The van der Waals surface area contributed by atoms with Crippen LogP contribution in [0.3, 0.4) is 0 Å². The van der Waals surface area contributed by atoms with Gasteiger partial charge in [0.15, 0.2) is 11.3 Å². The van der Waals surface area contributed by atoms with Gasteiger partial charge in [0.1, 0.15) is 16.1 Å². The number of nitrogens with zero attached hydrogens (tertiary/aromatic N) is 3. The minimum atomic E-state index is -1.82. The fourth-order valence-electron chi connectivity index (χ4n) is 7.81. The van der Waals surface area contributed by atoms with Gasteiger partial charge in [0.25, 0.3) is 0 Å². The molecule has 0 unspecified atom stereocenters. The van der Waals surface area contributed by atoms with Crippen molar-refractivity contribution >= 4 is 68.8 Å². The lowest BCUT2D eigenvalue weighted by molar-refractivity contribution is 0.419. The second kappa shape index (κ2) is 9.66. The minimum Gasteiger partial charge on any atom is -0.303 e. The first-order valence-corrected chi connectivity index (χ1v) is 19.9. The largest absolute Gasteiger partial charge is 0.303 e. The summed E-state index contributed by atoms with van der Waals surface area (Å²) in [5, 5.41) is 0. The van der Waals surface area contributed by atoms with Gasteiger partial charge in [0.2, 0.25) is 0 Å². The number of aromatic nitrogens is 3. The van der Waals surface area contributed by atoms with Gasteiger partial charge in [0.05, 0.1) is 18.7 Å². The molecule has 3 nitrogen and oxygen atoms in total. The van der Waals surface area contributed by atoms with Gasteiger partial charge in [-0.3, -0.25) is 0 Å². The highest BCUT2D eigenvalue weighted by molar-refractivity contribution is 7.37. The van der Waals surface area contributed by atoms with Crippen LogP contribution in [0.25, 0.3) is 20.7 Å². The first-order chi connectivity index (χ1) is 16.0. The highest BCUT2D eigenvalue weighted by Crippen LogP contribution is 2.47. The predicted octanol–water partition coefficient (Wildman–Crippen LogP) is 9.23. The Balaban J connectivity index is 2.46. The van der Waals surface area contributed by atoms with E-state index in [1.165, 1.54) is 30.0 Å². The number of fused-ring (bicyclic) bond motifs is 3. The topological polar surface area (TPSA) is 30.7 Å². The highest BCUT2D eigenvalue weighted by atomic mass is 32.1. The highest BCUT2D eigenvalue weighted by Gasteiger charge is 2.49. The maximum atomic E-state index is 5.54. The average Bonchev–Trinajstić information content (AvgIpc) is 3.30. The fourth-order valence-corrected chi connectivity index (χ4v) is 27.4. The number of hydrogen-bond donors (Lipinski definition) is 0.